The SMILES string of the molecule is CC/C=C\C/C=C\C/C=C\C/C=C\C/C=C\C/C=C\CCCCCCCCCCCCCCCCC(=O)OC(COC(=O)CCCCCCCCCCCCCCCCCCCCCCC/C=C\C/C=C\CCCCCCC)COC(OCC[N+](C)(C)C)C(=O)O. The molecule has 91 heavy (non-hydrogen) atoms. The summed E-state index contributed by atoms with van der Waals surface area (Å²) in [4.78, 5) is 37.7. The highest BCUT2D eigenvalue weighted by Gasteiger charge is 2.25. The minimum absolute atomic E-state index is 0.182. The number of carboxylic acids is 1. The third-order valence-corrected chi connectivity index (χ3v) is 16.8. The molecule has 0 fully saturated rings. The quantitative estimate of drug-likeness (QED) is 0.0211. The first-order valence-corrected chi connectivity index (χ1v) is 38.4. The summed E-state index contributed by atoms with van der Waals surface area (Å²) in [5.41, 5.74) is 0. The highest BCUT2D eigenvalue weighted by atomic mass is 16.7. The van der Waals surface area contributed by atoms with Crippen LogP contribution in [0.5, 0.6) is 0 Å². The molecule has 0 amide bonds. The number of carbonyl (C=O) groups is 3. The van der Waals surface area contributed by atoms with Gasteiger partial charge in [0.25, 0.3) is 6.29 Å². The summed E-state index contributed by atoms with van der Waals surface area (Å²) in [5.74, 6) is -1.99. The van der Waals surface area contributed by atoms with Crippen molar-refractivity contribution in [1.29, 1.82) is 0 Å². The monoisotopic (exact) mass is 1270 g/mol. The van der Waals surface area contributed by atoms with Gasteiger partial charge >= 0.3 is 17.9 Å². The van der Waals surface area contributed by atoms with Crippen LogP contribution in [-0.2, 0) is 33.3 Å². The van der Waals surface area contributed by atoms with E-state index in [2.05, 4.69) is 111 Å². The normalized spacial score (nSPS) is 13.2. The highest BCUT2D eigenvalue weighted by molar-refractivity contribution is 5.71. The second-order valence-corrected chi connectivity index (χ2v) is 26.9. The highest BCUT2D eigenvalue weighted by Crippen LogP contribution is 2.18. The Hall–Kier alpha value is -3.79. The van der Waals surface area contributed by atoms with Gasteiger partial charge in [0.15, 0.2) is 6.10 Å². The lowest BCUT2D eigenvalue weighted by molar-refractivity contribution is -0.870. The van der Waals surface area contributed by atoms with E-state index in [0.717, 1.165) is 83.5 Å². The summed E-state index contributed by atoms with van der Waals surface area (Å²) in [5, 5.41) is 9.77. The van der Waals surface area contributed by atoms with Crippen LogP contribution < -0.4 is 0 Å². The zero-order valence-electron chi connectivity index (χ0n) is 60.2. The zero-order valence-corrected chi connectivity index (χ0v) is 60.2. The molecule has 9 nitrogen and oxygen atoms in total. The molecule has 0 bridgehead atoms. The van der Waals surface area contributed by atoms with Crippen LogP contribution in [0.15, 0.2) is 97.2 Å². The van der Waals surface area contributed by atoms with Gasteiger partial charge in [-0.15, -0.1) is 0 Å². The molecule has 9 heteroatoms. The van der Waals surface area contributed by atoms with Crippen LogP contribution in [0, 0.1) is 0 Å². The molecule has 2 unspecified atom stereocenters. The van der Waals surface area contributed by atoms with Crippen LogP contribution >= 0.6 is 0 Å². The number of unbranched alkanes of at least 4 members (excludes halogenated alkanes) is 40. The van der Waals surface area contributed by atoms with E-state index in [1.807, 2.05) is 21.1 Å². The van der Waals surface area contributed by atoms with Gasteiger partial charge in [-0.05, 0) is 96.3 Å². The fourth-order valence-electron chi connectivity index (χ4n) is 11.0. The molecule has 0 saturated carbocycles. The largest absolute Gasteiger partial charge is 0.477 e. The standard InChI is InChI=1S/C82H145NO8/c1-6-8-10-12-14-16-18-20-22-24-26-28-30-32-34-36-38-40-42-44-46-48-50-52-54-56-58-60-62-64-66-68-70-72-79(84)89-76-78(77-90-82(81(86)87)88-75-74-83(3,4)5)91-80(85)73-71-69-67-65-63-61-59-57-55-53-51-49-47-45-43-41-39-37-35-33-31-29-27-25-23-21-19-17-15-13-11-9-7-2/h9,11,15,17-18,20-21,23-24,26-27,29,33,35,39,41,78,82H,6-8,10,12-14,16,19,22,25,28,30-32,34,36-38,40,42-77H2,1-5H3/p+1/b11-9-,17-15-,20-18-,23-21-,26-24-,29-27-,35-33-,41-39-. The summed E-state index contributed by atoms with van der Waals surface area (Å²) in [6, 6.07) is 0. The molecule has 1 N–H and O–H groups in total. The second-order valence-electron chi connectivity index (χ2n) is 26.9. The Morgan fingerprint density at radius 2 is 0.626 bits per heavy atom. The fourth-order valence-corrected chi connectivity index (χ4v) is 11.0. The van der Waals surface area contributed by atoms with E-state index < -0.39 is 24.3 Å². The number of nitrogens with zero attached hydrogens (tertiary/aromatic N) is 1. The fraction of sp³-hybridized carbons (Fsp3) is 0.768. The van der Waals surface area contributed by atoms with E-state index in [-0.39, 0.29) is 32.2 Å². The Labute approximate surface area is 562 Å². The first kappa shape index (κ1) is 87.2. The maximum atomic E-state index is 13.0. The summed E-state index contributed by atoms with van der Waals surface area (Å²) in [6.45, 7) is 4.80. The number of hydrogen-bond donors (Lipinski definition) is 1. The van der Waals surface area contributed by atoms with E-state index in [1.54, 1.807) is 0 Å². The molecule has 0 aromatic heterocycles. The Kier molecular flexibility index (Phi) is 69.0. The second kappa shape index (κ2) is 72.0. The number of aliphatic carboxylic acids is 1. The number of carboxylic acid groups (broad SMARTS) is 1. The molecule has 0 rings (SSSR count). The molecule has 526 valence electrons. The van der Waals surface area contributed by atoms with E-state index in [9.17, 15) is 19.5 Å². The van der Waals surface area contributed by atoms with Gasteiger partial charge in [0, 0.05) is 12.8 Å². The lowest BCUT2D eigenvalue weighted by Gasteiger charge is -2.25. The summed E-state index contributed by atoms with van der Waals surface area (Å²) in [6.07, 6.45) is 96.9. The molecule has 0 aromatic rings. The number of allylic oxidation sites excluding steroid dienone is 16. The van der Waals surface area contributed by atoms with Crippen molar-refractivity contribution >= 4 is 17.9 Å². The molecule has 0 aliphatic carbocycles. The Morgan fingerprint density at radius 1 is 0.341 bits per heavy atom. The summed E-state index contributed by atoms with van der Waals surface area (Å²) < 4.78 is 23.0. The van der Waals surface area contributed by atoms with E-state index in [1.165, 1.54) is 238 Å². The van der Waals surface area contributed by atoms with Crippen LogP contribution in [0.25, 0.3) is 0 Å². The molecule has 0 heterocycles. The molecule has 0 spiro atoms. The summed E-state index contributed by atoms with van der Waals surface area (Å²) >= 11 is 0. The number of quaternary nitrogens is 1. The number of rotatable bonds is 71. The van der Waals surface area contributed by atoms with E-state index >= 15 is 0 Å². The Morgan fingerprint density at radius 3 is 0.934 bits per heavy atom. The summed E-state index contributed by atoms with van der Waals surface area (Å²) in [7, 11) is 5.99. The Balaban J connectivity index is 4.05. The first-order chi connectivity index (χ1) is 44.6. The van der Waals surface area contributed by atoms with Crippen molar-refractivity contribution in [3.63, 3.8) is 0 Å². The average molecular weight is 1270 g/mol. The average Bonchev–Trinajstić information content (AvgIpc) is 3.46. The van der Waals surface area contributed by atoms with Gasteiger partial charge in [0.05, 0.1) is 34.4 Å². The predicted molar refractivity (Wildman–Crippen MR) is 392 cm³/mol. The van der Waals surface area contributed by atoms with Gasteiger partial charge in [0.1, 0.15) is 13.2 Å². The van der Waals surface area contributed by atoms with Crippen molar-refractivity contribution in [2.45, 2.75) is 360 Å². The van der Waals surface area contributed by atoms with Crippen molar-refractivity contribution in [3.05, 3.63) is 97.2 Å². The van der Waals surface area contributed by atoms with Gasteiger partial charge < -0.3 is 28.5 Å². The third kappa shape index (κ3) is 73.5. The zero-order chi connectivity index (χ0) is 66.1. The number of carbonyl (C=O) groups excluding carboxylic acids is 2. The van der Waals surface area contributed by atoms with Gasteiger partial charge in [-0.1, -0.05) is 336 Å². The third-order valence-electron chi connectivity index (χ3n) is 16.8. The molecule has 0 aliphatic heterocycles. The van der Waals surface area contributed by atoms with Crippen LogP contribution in [0.1, 0.15) is 348 Å². The van der Waals surface area contributed by atoms with E-state index in [0.29, 0.717) is 17.4 Å². The van der Waals surface area contributed by atoms with Crippen LogP contribution in [0.3, 0.4) is 0 Å². The van der Waals surface area contributed by atoms with Crippen molar-refractivity contribution in [3.8, 4) is 0 Å². The van der Waals surface area contributed by atoms with E-state index in [4.69, 9.17) is 18.9 Å². The molecule has 0 radical (unpaired) electrons. The minimum atomic E-state index is -1.51. The topological polar surface area (TPSA) is 108 Å². The van der Waals surface area contributed by atoms with Crippen molar-refractivity contribution < 1.29 is 42.9 Å². The van der Waals surface area contributed by atoms with Crippen LogP contribution in [-0.4, -0.2) is 87.4 Å². The molecular formula is C82H146NO8+. The minimum Gasteiger partial charge on any atom is -0.477 e. The molecule has 0 aromatic carbocycles. The van der Waals surface area contributed by atoms with Crippen LogP contribution in [0.2, 0.25) is 0 Å². The smallest absolute Gasteiger partial charge is 0.361 e. The van der Waals surface area contributed by atoms with Gasteiger partial charge in [-0.25, -0.2) is 4.79 Å². The molecule has 0 aliphatic rings. The van der Waals surface area contributed by atoms with Crippen molar-refractivity contribution in [2.75, 3.05) is 47.5 Å². The number of ether oxygens (including phenoxy) is 4. The number of likely N-dealkylation sites (N-methyl/N-ethyl adjacent to an activating group) is 1. The first-order valence-electron chi connectivity index (χ1n) is 38.4. The predicted octanol–water partition coefficient (Wildman–Crippen LogP) is 24.4. The van der Waals surface area contributed by atoms with Crippen molar-refractivity contribution in [1.82, 2.24) is 0 Å². The maximum absolute atomic E-state index is 13.0. The number of hydrogen-bond acceptors (Lipinski definition) is 7. The lowest BCUT2D eigenvalue weighted by atomic mass is 10.0. The molecule has 2 atom stereocenters. The van der Waals surface area contributed by atoms with Crippen LogP contribution in [0.4, 0.5) is 0 Å². The van der Waals surface area contributed by atoms with Gasteiger partial charge in [0.2, 0.25) is 0 Å². The Bertz CT molecular complexity index is 1820. The van der Waals surface area contributed by atoms with Gasteiger partial charge in [-0.2, -0.15) is 0 Å². The van der Waals surface area contributed by atoms with Gasteiger partial charge in [-0.3, -0.25) is 9.59 Å². The molecule has 0 saturated heterocycles. The molecular weight excluding hydrogens is 1130 g/mol. The maximum Gasteiger partial charge on any atom is 0.361 e. The lowest BCUT2D eigenvalue weighted by Crippen LogP contribution is -2.40. The number of esters is 2. The van der Waals surface area contributed by atoms with Crippen molar-refractivity contribution in [2.24, 2.45) is 0 Å².